The first-order chi connectivity index (χ1) is 18.9. The van der Waals surface area contributed by atoms with Crippen LogP contribution in [0.2, 0.25) is 10.0 Å². The summed E-state index contributed by atoms with van der Waals surface area (Å²) in [7, 11) is 0. The van der Waals surface area contributed by atoms with Crippen molar-refractivity contribution in [2.24, 2.45) is 0 Å². The molecule has 2 spiro atoms. The molecule has 4 heterocycles. The number of amides is 2. The SMILES string of the molecule is O=C(NCCN1CCOCC1)C1NC2(CCOCC2)C2(C(=O)Nc3cc(Cl)ccc32)C1c1cccc(Cl)c1F. The van der Waals surface area contributed by atoms with E-state index in [-0.39, 0.29) is 22.4 Å². The second-order valence-electron chi connectivity index (χ2n) is 10.6. The standard InChI is InChI=1S/C28H31Cl2FN4O4/c29-17-4-5-19-21(16-17)33-26(37)28(19)22(18-2-1-3-20(30)23(18)31)24(34-27(28)6-12-38-13-7-27)25(36)32-8-9-35-10-14-39-15-11-35/h1-5,16,22,24,34H,6-15H2,(H,32,36)(H,33,37). The number of nitrogens with one attached hydrogen (secondary N) is 3. The van der Waals surface area contributed by atoms with Crippen molar-refractivity contribution in [3.8, 4) is 0 Å². The first-order valence-corrected chi connectivity index (χ1v) is 14.1. The van der Waals surface area contributed by atoms with Crippen LogP contribution in [0.1, 0.15) is 29.9 Å². The third kappa shape index (κ3) is 4.34. The second kappa shape index (κ2) is 10.6. The highest BCUT2D eigenvalue weighted by atomic mass is 35.5. The average Bonchev–Trinajstić information content (AvgIpc) is 3.38. The highest BCUT2D eigenvalue weighted by molar-refractivity contribution is 6.31. The van der Waals surface area contributed by atoms with E-state index >= 15 is 4.39 Å². The van der Waals surface area contributed by atoms with E-state index in [1.54, 1.807) is 24.3 Å². The van der Waals surface area contributed by atoms with Gasteiger partial charge in [0.25, 0.3) is 0 Å². The lowest BCUT2D eigenvalue weighted by Gasteiger charge is -2.46. The van der Waals surface area contributed by atoms with Crippen LogP contribution >= 0.6 is 23.2 Å². The Hall–Kier alpha value is -2.27. The number of fused-ring (bicyclic) bond motifs is 3. The molecule has 2 aromatic rings. The molecule has 39 heavy (non-hydrogen) atoms. The Balaban J connectivity index is 1.45. The minimum absolute atomic E-state index is 0.0585. The summed E-state index contributed by atoms with van der Waals surface area (Å²) in [6, 6.07) is 9.12. The molecule has 3 fully saturated rings. The summed E-state index contributed by atoms with van der Waals surface area (Å²) in [6.07, 6.45) is 0.942. The van der Waals surface area contributed by atoms with Crippen LogP contribution in [0.3, 0.4) is 0 Å². The maximum atomic E-state index is 15.9. The van der Waals surface area contributed by atoms with Crippen LogP contribution in [0.4, 0.5) is 10.1 Å². The predicted octanol–water partition coefficient (Wildman–Crippen LogP) is 3.08. The Morgan fingerprint density at radius 1 is 1.10 bits per heavy atom. The molecule has 0 aliphatic carbocycles. The molecule has 2 aromatic carbocycles. The molecular formula is C28H31Cl2FN4O4. The predicted molar refractivity (Wildman–Crippen MR) is 146 cm³/mol. The zero-order chi connectivity index (χ0) is 27.2. The van der Waals surface area contributed by atoms with Gasteiger partial charge in [-0.2, -0.15) is 0 Å². The van der Waals surface area contributed by atoms with E-state index in [9.17, 15) is 9.59 Å². The lowest BCUT2D eigenvalue weighted by Crippen LogP contribution is -2.62. The molecule has 11 heteroatoms. The number of carbonyl (C=O) groups excluding carboxylic acids is 2. The number of anilines is 1. The maximum Gasteiger partial charge on any atom is 0.237 e. The highest BCUT2D eigenvalue weighted by Gasteiger charge is 2.72. The highest BCUT2D eigenvalue weighted by Crippen LogP contribution is 2.61. The molecule has 0 saturated carbocycles. The van der Waals surface area contributed by atoms with E-state index in [0.29, 0.717) is 68.6 Å². The molecule has 4 aliphatic heterocycles. The van der Waals surface area contributed by atoms with Gasteiger partial charge in [0.1, 0.15) is 11.2 Å². The van der Waals surface area contributed by atoms with Crippen molar-refractivity contribution in [3.05, 3.63) is 63.4 Å². The summed E-state index contributed by atoms with van der Waals surface area (Å²) in [6.45, 7) is 4.84. The molecule has 3 saturated heterocycles. The molecule has 0 aromatic heterocycles. The fourth-order valence-electron chi connectivity index (χ4n) is 7.05. The molecular weight excluding hydrogens is 546 g/mol. The summed E-state index contributed by atoms with van der Waals surface area (Å²) < 4.78 is 27.0. The van der Waals surface area contributed by atoms with Gasteiger partial charge < -0.3 is 20.1 Å². The van der Waals surface area contributed by atoms with Crippen molar-refractivity contribution in [2.75, 3.05) is 57.9 Å². The number of nitrogens with zero attached hydrogens (tertiary/aromatic N) is 1. The number of rotatable bonds is 5. The molecule has 0 bridgehead atoms. The van der Waals surface area contributed by atoms with E-state index in [1.807, 2.05) is 6.07 Å². The van der Waals surface area contributed by atoms with Gasteiger partial charge in [-0.1, -0.05) is 41.4 Å². The van der Waals surface area contributed by atoms with Crippen LogP contribution in [-0.2, 0) is 24.5 Å². The van der Waals surface area contributed by atoms with Gasteiger partial charge in [0.2, 0.25) is 11.8 Å². The van der Waals surface area contributed by atoms with Crippen molar-refractivity contribution in [2.45, 2.75) is 35.8 Å². The van der Waals surface area contributed by atoms with Gasteiger partial charge in [0, 0.05) is 61.6 Å². The number of benzene rings is 2. The Kier molecular flexibility index (Phi) is 7.33. The molecule has 3 atom stereocenters. The van der Waals surface area contributed by atoms with Gasteiger partial charge in [-0.25, -0.2) is 4.39 Å². The number of morpholine rings is 1. The second-order valence-corrected chi connectivity index (χ2v) is 11.5. The molecule has 3 unspecified atom stereocenters. The first-order valence-electron chi connectivity index (χ1n) is 13.4. The molecule has 4 aliphatic rings. The van der Waals surface area contributed by atoms with E-state index < -0.39 is 28.7 Å². The quantitative estimate of drug-likeness (QED) is 0.506. The van der Waals surface area contributed by atoms with Gasteiger partial charge in [0.15, 0.2) is 0 Å². The lowest BCUT2D eigenvalue weighted by molar-refractivity contribution is -0.125. The van der Waals surface area contributed by atoms with Crippen molar-refractivity contribution in [3.63, 3.8) is 0 Å². The van der Waals surface area contributed by atoms with Crippen LogP contribution in [0.5, 0.6) is 0 Å². The molecule has 3 N–H and O–H groups in total. The van der Waals surface area contributed by atoms with Gasteiger partial charge in [-0.15, -0.1) is 0 Å². The summed E-state index contributed by atoms with van der Waals surface area (Å²) in [5, 5.41) is 10.1. The van der Waals surface area contributed by atoms with E-state index in [1.165, 1.54) is 6.07 Å². The van der Waals surface area contributed by atoms with Crippen LogP contribution < -0.4 is 16.0 Å². The zero-order valence-corrected chi connectivity index (χ0v) is 22.9. The first kappa shape index (κ1) is 26.9. The topological polar surface area (TPSA) is 91.9 Å². The maximum absolute atomic E-state index is 15.9. The summed E-state index contributed by atoms with van der Waals surface area (Å²) in [5.41, 5.74) is -0.668. The number of hydrogen-bond acceptors (Lipinski definition) is 6. The van der Waals surface area contributed by atoms with Gasteiger partial charge >= 0.3 is 0 Å². The molecule has 208 valence electrons. The minimum Gasteiger partial charge on any atom is -0.381 e. The third-order valence-corrected chi connectivity index (χ3v) is 9.30. The fourth-order valence-corrected chi connectivity index (χ4v) is 7.41. The van der Waals surface area contributed by atoms with Crippen LogP contribution in [0.25, 0.3) is 0 Å². The molecule has 6 rings (SSSR count). The van der Waals surface area contributed by atoms with Gasteiger partial charge in [-0.05, 0) is 42.2 Å². The van der Waals surface area contributed by atoms with Crippen LogP contribution in [0, 0.1) is 5.82 Å². The number of ether oxygens (including phenoxy) is 2. The largest absolute Gasteiger partial charge is 0.381 e. The fraction of sp³-hybridized carbons (Fsp3) is 0.500. The smallest absolute Gasteiger partial charge is 0.237 e. The Morgan fingerprint density at radius 2 is 1.85 bits per heavy atom. The lowest BCUT2D eigenvalue weighted by atomic mass is 9.57. The van der Waals surface area contributed by atoms with E-state index in [0.717, 1.165) is 13.1 Å². The average molecular weight is 577 g/mol. The Bertz CT molecular complexity index is 1280. The van der Waals surface area contributed by atoms with Crippen LogP contribution in [-0.4, -0.2) is 80.9 Å². The number of halogens is 3. The van der Waals surface area contributed by atoms with Gasteiger partial charge in [0.05, 0.1) is 24.3 Å². The normalized spacial score (nSPS) is 28.0. The summed E-state index contributed by atoms with van der Waals surface area (Å²) in [4.78, 5) is 30.4. The Morgan fingerprint density at radius 3 is 2.62 bits per heavy atom. The van der Waals surface area contributed by atoms with E-state index in [4.69, 9.17) is 32.7 Å². The Labute approximate surface area is 236 Å². The summed E-state index contributed by atoms with van der Waals surface area (Å²) in [5.74, 6) is -2.08. The van der Waals surface area contributed by atoms with E-state index in [2.05, 4.69) is 20.9 Å². The van der Waals surface area contributed by atoms with Crippen molar-refractivity contribution in [1.82, 2.24) is 15.5 Å². The third-order valence-electron chi connectivity index (χ3n) is 8.78. The monoisotopic (exact) mass is 576 g/mol. The summed E-state index contributed by atoms with van der Waals surface area (Å²) >= 11 is 12.6. The number of hydrogen-bond donors (Lipinski definition) is 3. The minimum atomic E-state index is -1.30. The zero-order valence-electron chi connectivity index (χ0n) is 21.4. The molecule has 0 radical (unpaired) electrons. The van der Waals surface area contributed by atoms with Crippen molar-refractivity contribution in [1.29, 1.82) is 0 Å². The van der Waals surface area contributed by atoms with Crippen LogP contribution in [0.15, 0.2) is 36.4 Å². The number of carbonyl (C=O) groups is 2. The van der Waals surface area contributed by atoms with Crippen molar-refractivity contribution < 1.29 is 23.5 Å². The molecule has 2 amide bonds. The molecule has 8 nitrogen and oxygen atoms in total. The van der Waals surface area contributed by atoms with Crippen molar-refractivity contribution >= 4 is 40.7 Å². The van der Waals surface area contributed by atoms with Gasteiger partial charge in [-0.3, -0.25) is 19.8 Å².